The maximum atomic E-state index is 4.12. The van der Waals surface area contributed by atoms with Crippen LogP contribution in [0.2, 0.25) is 0 Å². The molecule has 1 aromatic carbocycles. The van der Waals surface area contributed by atoms with Crippen LogP contribution in [0.4, 0.5) is 5.69 Å². The second-order valence-electron chi connectivity index (χ2n) is 4.00. The zero-order valence-corrected chi connectivity index (χ0v) is 8.50. The van der Waals surface area contributed by atoms with Crippen LogP contribution in [0.25, 0.3) is 0 Å². The average Bonchev–Trinajstić information content (AvgIpc) is 2.72. The number of rotatable bonds is 3. The van der Waals surface area contributed by atoms with E-state index < -0.39 is 0 Å². The highest BCUT2D eigenvalue weighted by Crippen LogP contribution is 2.30. The molecule has 0 atom stereocenters. The van der Waals surface area contributed by atoms with Gasteiger partial charge in [0.15, 0.2) is 0 Å². The summed E-state index contributed by atoms with van der Waals surface area (Å²) in [6.45, 7) is 4.12. The zero-order chi connectivity index (χ0) is 9.80. The van der Waals surface area contributed by atoms with Crippen LogP contribution < -0.4 is 5.32 Å². The molecule has 0 spiro atoms. The number of benzene rings is 1. The Balaban J connectivity index is 1.94. The lowest BCUT2D eigenvalue weighted by Gasteiger charge is -2.15. The highest BCUT2D eigenvalue weighted by molar-refractivity contribution is 5.47. The Labute approximate surface area is 85.8 Å². The normalized spacial score (nSPS) is 16.9. The average molecular weight is 187 g/mol. The van der Waals surface area contributed by atoms with E-state index in [4.69, 9.17) is 0 Å². The molecule has 1 fully saturated rings. The maximum Gasteiger partial charge on any atom is 0.0381 e. The minimum atomic E-state index is 0.690. The summed E-state index contributed by atoms with van der Waals surface area (Å²) < 4.78 is 0. The summed E-state index contributed by atoms with van der Waals surface area (Å²) in [5.41, 5.74) is 2.35. The minimum absolute atomic E-state index is 0.690. The SMILES string of the molecule is C=C(Nc1ccccc1)C1CCCC1. The van der Waals surface area contributed by atoms with Gasteiger partial charge in [-0.05, 0) is 30.9 Å². The van der Waals surface area contributed by atoms with Crippen LogP contribution in [0.1, 0.15) is 25.7 Å². The van der Waals surface area contributed by atoms with Crippen LogP contribution in [0.15, 0.2) is 42.6 Å². The van der Waals surface area contributed by atoms with Crippen molar-refractivity contribution in [3.63, 3.8) is 0 Å². The molecule has 1 aromatic rings. The maximum absolute atomic E-state index is 4.12. The van der Waals surface area contributed by atoms with Crippen molar-refractivity contribution in [3.8, 4) is 0 Å². The number of allylic oxidation sites excluding steroid dienone is 1. The molecule has 0 heterocycles. The van der Waals surface area contributed by atoms with E-state index in [1.165, 1.54) is 31.4 Å². The van der Waals surface area contributed by atoms with Gasteiger partial charge in [0.1, 0.15) is 0 Å². The molecule has 1 heteroatoms. The van der Waals surface area contributed by atoms with Crippen molar-refractivity contribution in [1.82, 2.24) is 0 Å². The van der Waals surface area contributed by atoms with Crippen molar-refractivity contribution in [2.24, 2.45) is 5.92 Å². The first-order valence-electron chi connectivity index (χ1n) is 5.37. The Morgan fingerprint density at radius 3 is 2.43 bits per heavy atom. The van der Waals surface area contributed by atoms with Crippen LogP contribution in [-0.4, -0.2) is 0 Å². The van der Waals surface area contributed by atoms with E-state index in [-0.39, 0.29) is 0 Å². The molecule has 0 bridgehead atoms. The zero-order valence-electron chi connectivity index (χ0n) is 8.50. The minimum Gasteiger partial charge on any atom is -0.359 e. The highest BCUT2D eigenvalue weighted by Gasteiger charge is 2.17. The Morgan fingerprint density at radius 2 is 1.79 bits per heavy atom. The van der Waals surface area contributed by atoms with Gasteiger partial charge in [0.25, 0.3) is 0 Å². The first-order chi connectivity index (χ1) is 6.86. The summed E-state index contributed by atoms with van der Waals surface area (Å²) >= 11 is 0. The molecular weight excluding hydrogens is 170 g/mol. The van der Waals surface area contributed by atoms with Gasteiger partial charge in [-0.15, -0.1) is 0 Å². The lowest BCUT2D eigenvalue weighted by Crippen LogP contribution is -2.07. The van der Waals surface area contributed by atoms with Crippen LogP contribution in [-0.2, 0) is 0 Å². The molecule has 74 valence electrons. The fourth-order valence-corrected chi connectivity index (χ4v) is 2.08. The van der Waals surface area contributed by atoms with E-state index in [1.54, 1.807) is 0 Å². The van der Waals surface area contributed by atoms with Crippen LogP contribution in [0.5, 0.6) is 0 Å². The molecule has 1 aliphatic rings. The lowest BCUT2D eigenvalue weighted by atomic mass is 10.1. The van der Waals surface area contributed by atoms with E-state index in [0.717, 1.165) is 5.69 Å². The molecule has 1 nitrogen and oxygen atoms in total. The Bertz CT molecular complexity index is 296. The molecular formula is C13H17N. The van der Waals surface area contributed by atoms with Gasteiger partial charge in [-0.2, -0.15) is 0 Å². The van der Waals surface area contributed by atoms with Gasteiger partial charge >= 0.3 is 0 Å². The predicted octanol–water partition coefficient (Wildman–Crippen LogP) is 3.80. The Morgan fingerprint density at radius 1 is 1.14 bits per heavy atom. The number of hydrogen-bond acceptors (Lipinski definition) is 1. The van der Waals surface area contributed by atoms with E-state index in [9.17, 15) is 0 Å². The Hall–Kier alpha value is -1.24. The van der Waals surface area contributed by atoms with Crippen LogP contribution in [0, 0.1) is 5.92 Å². The van der Waals surface area contributed by atoms with E-state index in [1.807, 2.05) is 18.2 Å². The first kappa shape index (κ1) is 9.32. The molecule has 1 aliphatic carbocycles. The Kier molecular flexibility index (Phi) is 2.87. The lowest BCUT2D eigenvalue weighted by molar-refractivity contribution is 0.649. The molecule has 0 unspecified atom stereocenters. The summed E-state index contributed by atoms with van der Waals surface area (Å²) in [6, 6.07) is 10.3. The quantitative estimate of drug-likeness (QED) is 0.759. The predicted molar refractivity (Wildman–Crippen MR) is 61.2 cm³/mol. The smallest absolute Gasteiger partial charge is 0.0381 e. The number of para-hydroxylation sites is 1. The van der Waals surface area contributed by atoms with Crippen molar-refractivity contribution in [1.29, 1.82) is 0 Å². The van der Waals surface area contributed by atoms with E-state index >= 15 is 0 Å². The van der Waals surface area contributed by atoms with Gasteiger partial charge in [-0.3, -0.25) is 0 Å². The van der Waals surface area contributed by atoms with Gasteiger partial charge in [0.2, 0.25) is 0 Å². The summed E-state index contributed by atoms with van der Waals surface area (Å²) in [4.78, 5) is 0. The fraction of sp³-hybridized carbons (Fsp3) is 0.385. The summed E-state index contributed by atoms with van der Waals surface area (Å²) in [6.07, 6.45) is 5.33. The van der Waals surface area contributed by atoms with Crippen molar-refractivity contribution in [3.05, 3.63) is 42.6 Å². The van der Waals surface area contributed by atoms with Gasteiger partial charge < -0.3 is 5.32 Å². The summed E-state index contributed by atoms with van der Waals surface area (Å²) in [5, 5.41) is 3.39. The molecule has 0 aromatic heterocycles. The monoisotopic (exact) mass is 187 g/mol. The molecule has 0 radical (unpaired) electrons. The molecule has 14 heavy (non-hydrogen) atoms. The van der Waals surface area contributed by atoms with Crippen molar-refractivity contribution in [2.75, 3.05) is 5.32 Å². The topological polar surface area (TPSA) is 12.0 Å². The van der Waals surface area contributed by atoms with Crippen LogP contribution in [0.3, 0.4) is 0 Å². The first-order valence-corrected chi connectivity index (χ1v) is 5.37. The third kappa shape index (κ3) is 2.16. The number of hydrogen-bond donors (Lipinski definition) is 1. The van der Waals surface area contributed by atoms with Gasteiger partial charge in [0.05, 0.1) is 0 Å². The van der Waals surface area contributed by atoms with Crippen molar-refractivity contribution < 1.29 is 0 Å². The molecule has 1 saturated carbocycles. The molecule has 1 N–H and O–H groups in total. The second kappa shape index (κ2) is 4.32. The standard InChI is InChI=1S/C13H17N/c1-11(12-7-5-6-8-12)14-13-9-3-2-4-10-13/h2-4,9-10,12,14H,1,5-8H2. The van der Waals surface area contributed by atoms with Gasteiger partial charge in [0, 0.05) is 11.4 Å². The van der Waals surface area contributed by atoms with E-state index in [0.29, 0.717) is 5.92 Å². The molecule has 0 amide bonds. The van der Waals surface area contributed by atoms with Crippen molar-refractivity contribution in [2.45, 2.75) is 25.7 Å². The largest absolute Gasteiger partial charge is 0.359 e. The van der Waals surface area contributed by atoms with E-state index in [2.05, 4.69) is 24.0 Å². The number of nitrogens with one attached hydrogen (secondary N) is 1. The third-order valence-electron chi connectivity index (χ3n) is 2.93. The third-order valence-corrected chi connectivity index (χ3v) is 2.93. The summed E-state index contributed by atoms with van der Waals surface area (Å²) in [5.74, 6) is 0.690. The molecule has 0 aliphatic heterocycles. The van der Waals surface area contributed by atoms with Crippen molar-refractivity contribution >= 4 is 5.69 Å². The van der Waals surface area contributed by atoms with Gasteiger partial charge in [-0.25, -0.2) is 0 Å². The fourth-order valence-electron chi connectivity index (χ4n) is 2.08. The summed E-state index contributed by atoms with van der Waals surface area (Å²) in [7, 11) is 0. The number of anilines is 1. The van der Waals surface area contributed by atoms with Crippen LogP contribution >= 0.6 is 0 Å². The molecule has 2 rings (SSSR count). The highest BCUT2D eigenvalue weighted by atomic mass is 14.9. The van der Waals surface area contributed by atoms with Gasteiger partial charge in [-0.1, -0.05) is 37.6 Å². The molecule has 0 saturated heterocycles. The second-order valence-corrected chi connectivity index (χ2v) is 4.00.